The number of carboxylic acids is 1. The quantitative estimate of drug-likeness (QED) is 0.544. The highest BCUT2D eigenvalue weighted by Gasteiger charge is 2.27. The highest BCUT2D eigenvalue weighted by Crippen LogP contribution is 2.21. The largest absolute Gasteiger partial charge is 0.480 e. The summed E-state index contributed by atoms with van der Waals surface area (Å²) in [5.74, 6) is -1.39. The predicted octanol–water partition coefficient (Wildman–Crippen LogP) is 0.281. The molecule has 0 aliphatic heterocycles. The molecule has 10 heteroatoms. The zero-order chi connectivity index (χ0) is 16.2. The van der Waals surface area contributed by atoms with Gasteiger partial charge in [0.15, 0.2) is 0 Å². The summed E-state index contributed by atoms with van der Waals surface area (Å²) in [4.78, 5) is 20.7. The van der Waals surface area contributed by atoms with Crippen LogP contribution in [0.4, 0.5) is 5.69 Å². The molecule has 2 N–H and O–H groups in total. The molecule has 0 spiro atoms. The lowest BCUT2D eigenvalue weighted by Crippen LogP contribution is -2.43. The van der Waals surface area contributed by atoms with E-state index in [9.17, 15) is 23.3 Å². The van der Waals surface area contributed by atoms with Crippen molar-refractivity contribution in [3.8, 4) is 0 Å². The minimum atomic E-state index is -4.13. The normalized spacial score (nSPS) is 12.9. The molecule has 0 radical (unpaired) electrons. The molecule has 0 aliphatic rings. The van der Waals surface area contributed by atoms with Crippen LogP contribution in [0.1, 0.15) is 5.56 Å². The average Bonchev–Trinajstić information content (AvgIpc) is 2.37. The molecule has 0 aliphatic carbocycles. The summed E-state index contributed by atoms with van der Waals surface area (Å²) < 4.78 is 30.9. The van der Waals surface area contributed by atoms with Gasteiger partial charge in [0.05, 0.1) is 16.4 Å². The number of nitro groups is 1. The maximum atomic E-state index is 12.1. The first-order chi connectivity index (χ1) is 9.69. The Balaban J connectivity index is 3.13. The maximum absolute atomic E-state index is 12.1. The van der Waals surface area contributed by atoms with E-state index in [0.29, 0.717) is 0 Å². The van der Waals surface area contributed by atoms with Crippen LogP contribution in [0.5, 0.6) is 0 Å². The molecule has 1 rings (SSSR count). The first-order valence-electron chi connectivity index (χ1n) is 5.68. The molecule has 0 amide bonds. The topological polar surface area (TPSA) is 136 Å². The number of carboxylic acid groups (broad SMARTS) is 1. The van der Waals surface area contributed by atoms with Crippen LogP contribution in [0, 0.1) is 17.0 Å². The van der Waals surface area contributed by atoms with Crippen molar-refractivity contribution in [2.45, 2.75) is 17.9 Å². The summed E-state index contributed by atoms with van der Waals surface area (Å²) in [5.41, 5.74) is -0.114. The number of methoxy groups -OCH3 is 1. The standard InChI is InChI=1S/C11H14N2O7S/c1-7-5-8(13(16)17)3-4-10(7)21(18,19)12-9(6-20-2)11(14)15/h3-5,9,12H,6H2,1-2H3,(H,14,15). The van der Waals surface area contributed by atoms with Gasteiger partial charge in [-0.3, -0.25) is 14.9 Å². The van der Waals surface area contributed by atoms with Gasteiger partial charge in [-0.1, -0.05) is 0 Å². The number of rotatable bonds is 7. The Morgan fingerprint density at radius 3 is 2.57 bits per heavy atom. The first-order valence-corrected chi connectivity index (χ1v) is 7.16. The zero-order valence-corrected chi connectivity index (χ0v) is 12.1. The van der Waals surface area contributed by atoms with Gasteiger partial charge in [-0.25, -0.2) is 8.42 Å². The van der Waals surface area contributed by atoms with E-state index in [1.165, 1.54) is 14.0 Å². The number of hydrogen-bond acceptors (Lipinski definition) is 6. The van der Waals surface area contributed by atoms with Crippen LogP contribution in [0.2, 0.25) is 0 Å². The predicted molar refractivity (Wildman–Crippen MR) is 71.5 cm³/mol. The Bertz CT molecular complexity index is 657. The van der Waals surface area contributed by atoms with Gasteiger partial charge in [0.25, 0.3) is 5.69 Å². The number of aliphatic carboxylic acids is 1. The number of nitrogens with one attached hydrogen (secondary N) is 1. The number of benzene rings is 1. The fourth-order valence-electron chi connectivity index (χ4n) is 1.62. The number of sulfonamides is 1. The van der Waals surface area contributed by atoms with Crippen molar-refractivity contribution in [1.29, 1.82) is 0 Å². The van der Waals surface area contributed by atoms with Crippen molar-refractivity contribution in [1.82, 2.24) is 4.72 Å². The molecule has 0 fully saturated rings. The lowest BCUT2D eigenvalue weighted by atomic mass is 10.2. The second-order valence-electron chi connectivity index (χ2n) is 4.17. The van der Waals surface area contributed by atoms with E-state index < -0.39 is 27.0 Å². The summed E-state index contributed by atoms with van der Waals surface area (Å²) >= 11 is 0. The number of hydrogen-bond donors (Lipinski definition) is 2. The smallest absolute Gasteiger partial charge is 0.324 e. The molecular formula is C11H14N2O7S. The second-order valence-corrected chi connectivity index (χ2v) is 5.86. The van der Waals surface area contributed by atoms with Crippen molar-refractivity contribution in [3.63, 3.8) is 0 Å². The van der Waals surface area contributed by atoms with Gasteiger partial charge in [-0.2, -0.15) is 4.72 Å². The van der Waals surface area contributed by atoms with Gasteiger partial charge in [0.1, 0.15) is 6.04 Å². The molecule has 1 aromatic carbocycles. The van der Waals surface area contributed by atoms with Crippen LogP contribution in [0.3, 0.4) is 0 Å². The average molecular weight is 318 g/mol. The molecule has 0 bridgehead atoms. The van der Waals surface area contributed by atoms with Gasteiger partial charge in [-0.05, 0) is 18.6 Å². The van der Waals surface area contributed by atoms with Crippen molar-refractivity contribution >= 4 is 21.7 Å². The van der Waals surface area contributed by atoms with Gasteiger partial charge >= 0.3 is 5.97 Å². The van der Waals surface area contributed by atoms with E-state index in [0.717, 1.165) is 18.2 Å². The van der Waals surface area contributed by atoms with Gasteiger partial charge in [0, 0.05) is 19.2 Å². The number of non-ortho nitro benzene ring substituents is 1. The third kappa shape index (κ3) is 4.21. The van der Waals surface area contributed by atoms with E-state index in [1.54, 1.807) is 0 Å². The fourth-order valence-corrected chi connectivity index (χ4v) is 3.02. The van der Waals surface area contributed by atoms with Crippen LogP contribution >= 0.6 is 0 Å². The van der Waals surface area contributed by atoms with Crippen molar-refractivity contribution in [3.05, 3.63) is 33.9 Å². The van der Waals surface area contributed by atoms with E-state index >= 15 is 0 Å². The molecule has 0 saturated heterocycles. The Morgan fingerprint density at radius 1 is 1.52 bits per heavy atom. The number of aryl methyl sites for hydroxylation is 1. The molecular weight excluding hydrogens is 304 g/mol. The molecule has 0 aromatic heterocycles. The monoisotopic (exact) mass is 318 g/mol. The zero-order valence-electron chi connectivity index (χ0n) is 11.3. The van der Waals surface area contributed by atoms with Gasteiger partial charge in [0.2, 0.25) is 10.0 Å². The Hall–Kier alpha value is -2.04. The lowest BCUT2D eigenvalue weighted by Gasteiger charge is -2.15. The minimum absolute atomic E-state index is 0.137. The Labute approximate surface area is 120 Å². The van der Waals surface area contributed by atoms with E-state index in [4.69, 9.17) is 5.11 Å². The molecule has 21 heavy (non-hydrogen) atoms. The molecule has 116 valence electrons. The van der Waals surface area contributed by atoms with Crippen molar-refractivity contribution in [2.75, 3.05) is 13.7 Å². The van der Waals surface area contributed by atoms with Crippen LogP contribution in [-0.4, -0.2) is 44.2 Å². The minimum Gasteiger partial charge on any atom is -0.480 e. The molecule has 1 aromatic rings. The van der Waals surface area contributed by atoms with Crippen LogP contribution in [0.25, 0.3) is 0 Å². The highest BCUT2D eigenvalue weighted by molar-refractivity contribution is 7.89. The van der Waals surface area contributed by atoms with Crippen LogP contribution in [0.15, 0.2) is 23.1 Å². The van der Waals surface area contributed by atoms with E-state index in [2.05, 4.69) is 4.74 Å². The summed E-state index contributed by atoms with van der Waals surface area (Å²) in [6.07, 6.45) is 0. The number of carbonyl (C=O) groups is 1. The van der Waals surface area contributed by atoms with Crippen molar-refractivity contribution in [2.24, 2.45) is 0 Å². The summed E-state index contributed by atoms with van der Waals surface area (Å²) in [6, 6.07) is 1.74. The van der Waals surface area contributed by atoms with Crippen molar-refractivity contribution < 1.29 is 28.0 Å². The maximum Gasteiger partial charge on any atom is 0.324 e. The SMILES string of the molecule is COCC(NS(=O)(=O)c1ccc([N+](=O)[O-])cc1C)C(=O)O. The fraction of sp³-hybridized carbons (Fsp3) is 0.364. The molecule has 9 nitrogen and oxygen atoms in total. The van der Waals surface area contributed by atoms with E-state index in [-0.39, 0.29) is 22.8 Å². The number of ether oxygens (including phenoxy) is 1. The summed E-state index contributed by atoms with van der Waals surface area (Å²) in [6.45, 7) is 1.04. The number of nitrogens with zero attached hydrogens (tertiary/aromatic N) is 1. The van der Waals surface area contributed by atoms with Crippen LogP contribution < -0.4 is 4.72 Å². The molecule has 0 saturated carbocycles. The Kier molecular flexibility index (Phi) is 5.35. The third-order valence-corrected chi connectivity index (χ3v) is 4.22. The lowest BCUT2D eigenvalue weighted by molar-refractivity contribution is -0.385. The molecule has 0 heterocycles. The Morgan fingerprint density at radius 2 is 2.14 bits per heavy atom. The summed E-state index contributed by atoms with van der Waals surface area (Å²) in [7, 11) is -2.90. The second kappa shape index (κ2) is 6.61. The highest BCUT2D eigenvalue weighted by atomic mass is 32.2. The molecule has 1 unspecified atom stereocenters. The first kappa shape index (κ1) is 17.0. The van der Waals surface area contributed by atoms with Gasteiger partial charge < -0.3 is 9.84 Å². The van der Waals surface area contributed by atoms with E-state index in [1.807, 2.05) is 4.72 Å². The molecule has 1 atom stereocenters. The third-order valence-electron chi connectivity index (χ3n) is 2.59. The number of nitro benzene ring substituents is 1. The van der Waals surface area contributed by atoms with Crippen LogP contribution in [-0.2, 0) is 19.6 Å². The van der Waals surface area contributed by atoms with Gasteiger partial charge in [-0.15, -0.1) is 0 Å². The summed E-state index contributed by atoms with van der Waals surface area (Å²) in [5, 5.41) is 19.5.